The summed E-state index contributed by atoms with van der Waals surface area (Å²) in [7, 11) is 0. The van der Waals surface area contributed by atoms with Crippen molar-refractivity contribution >= 4 is 34.9 Å². The number of hydrogen-bond donors (Lipinski definition) is 1. The molecule has 3 amide bonds. The molecular formula is C25H23FN4O4S. The second-order valence-corrected chi connectivity index (χ2v) is 8.76. The molecule has 180 valence electrons. The van der Waals surface area contributed by atoms with Crippen molar-refractivity contribution in [2.24, 2.45) is 0 Å². The molecule has 0 spiro atoms. The van der Waals surface area contributed by atoms with Crippen LogP contribution < -0.4 is 5.32 Å². The molecule has 1 saturated heterocycles. The SMILES string of the molecule is CCc1ccc(-c2noc(CCC(=O)NCCN3C(=O)S/C(=C\c4ccccc4F)C3=O)n2)cc1. The van der Waals surface area contributed by atoms with Crippen LogP contribution in [0.2, 0.25) is 0 Å². The molecule has 10 heteroatoms. The maximum atomic E-state index is 13.8. The number of benzene rings is 2. The molecule has 8 nitrogen and oxygen atoms in total. The van der Waals surface area contributed by atoms with Crippen molar-refractivity contribution < 1.29 is 23.3 Å². The molecule has 1 aliphatic rings. The molecular weight excluding hydrogens is 471 g/mol. The van der Waals surface area contributed by atoms with Crippen LogP contribution in [-0.2, 0) is 22.4 Å². The van der Waals surface area contributed by atoms with Gasteiger partial charge in [0.25, 0.3) is 11.1 Å². The standard InChI is InChI=1S/C25H23FN4O4S/c1-2-16-7-9-17(10-8-16)23-28-22(34-29-23)12-11-21(31)27-13-14-30-24(32)20(35-25(30)33)15-18-5-3-4-6-19(18)26/h3-10,15H,2,11-14H2,1H3,(H,27,31)/b20-15-. The van der Waals surface area contributed by atoms with Crippen molar-refractivity contribution in [3.63, 3.8) is 0 Å². The van der Waals surface area contributed by atoms with Gasteiger partial charge in [-0.3, -0.25) is 19.3 Å². The summed E-state index contributed by atoms with van der Waals surface area (Å²) in [6.45, 7) is 2.20. The third-order valence-corrected chi connectivity index (χ3v) is 6.28. The minimum atomic E-state index is -0.511. The van der Waals surface area contributed by atoms with Gasteiger partial charge in [0.15, 0.2) is 0 Å². The molecule has 0 bridgehead atoms. The van der Waals surface area contributed by atoms with E-state index in [4.69, 9.17) is 4.52 Å². The lowest BCUT2D eigenvalue weighted by atomic mass is 10.1. The molecule has 1 aliphatic heterocycles. The van der Waals surface area contributed by atoms with Gasteiger partial charge in [0, 0.05) is 37.1 Å². The summed E-state index contributed by atoms with van der Waals surface area (Å²) in [6.07, 6.45) is 2.68. The van der Waals surface area contributed by atoms with Gasteiger partial charge in [0.1, 0.15) is 5.82 Å². The number of hydrogen-bond acceptors (Lipinski definition) is 7. The monoisotopic (exact) mass is 494 g/mol. The van der Waals surface area contributed by atoms with Gasteiger partial charge >= 0.3 is 0 Å². The average molecular weight is 495 g/mol. The van der Waals surface area contributed by atoms with E-state index in [1.165, 1.54) is 23.8 Å². The van der Waals surface area contributed by atoms with Gasteiger partial charge in [-0.2, -0.15) is 4.98 Å². The van der Waals surface area contributed by atoms with E-state index in [9.17, 15) is 18.8 Å². The second-order valence-electron chi connectivity index (χ2n) is 7.77. The zero-order valence-electron chi connectivity index (χ0n) is 19.0. The topological polar surface area (TPSA) is 105 Å². The molecule has 3 aromatic rings. The van der Waals surface area contributed by atoms with Gasteiger partial charge in [-0.25, -0.2) is 4.39 Å². The number of carbonyl (C=O) groups excluding carboxylic acids is 3. The first-order chi connectivity index (χ1) is 16.9. The van der Waals surface area contributed by atoms with Gasteiger partial charge in [0.05, 0.1) is 4.91 Å². The highest BCUT2D eigenvalue weighted by Gasteiger charge is 2.34. The highest BCUT2D eigenvalue weighted by Crippen LogP contribution is 2.32. The first-order valence-electron chi connectivity index (χ1n) is 11.1. The lowest BCUT2D eigenvalue weighted by Crippen LogP contribution is -2.37. The fourth-order valence-electron chi connectivity index (χ4n) is 3.41. The summed E-state index contributed by atoms with van der Waals surface area (Å²) in [4.78, 5) is 42.4. The number of rotatable bonds is 9. The maximum absolute atomic E-state index is 13.8. The van der Waals surface area contributed by atoms with Crippen LogP contribution >= 0.6 is 11.8 Å². The van der Waals surface area contributed by atoms with Gasteiger partial charge in [0.2, 0.25) is 17.6 Å². The number of halogens is 1. The van der Waals surface area contributed by atoms with E-state index in [0.717, 1.165) is 28.6 Å². The smallest absolute Gasteiger partial charge is 0.293 e. The fourth-order valence-corrected chi connectivity index (χ4v) is 4.26. The first kappa shape index (κ1) is 24.3. The van der Waals surface area contributed by atoms with E-state index < -0.39 is 17.0 Å². The minimum Gasteiger partial charge on any atom is -0.354 e. The van der Waals surface area contributed by atoms with Crippen LogP contribution in [-0.4, -0.2) is 45.2 Å². The van der Waals surface area contributed by atoms with Gasteiger partial charge in [-0.15, -0.1) is 0 Å². The molecule has 2 heterocycles. The Morgan fingerprint density at radius 2 is 1.94 bits per heavy atom. The first-order valence-corrected chi connectivity index (χ1v) is 11.9. The Bertz CT molecular complexity index is 1270. The van der Waals surface area contributed by atoms with Gasteiger partial charge in [-0.1, -0.05) is 54.5 Å². The van der Waals surface area contributed by atoms with E-state index in [2.05, 4.69) is 22.4 Å². The number of aryl methyl sites for hydroxylation is 2. The molecule has 1 aromatic heterocycles. The zero-order chi connectivity index (χ0) is 24.8. The Labute approximate surface area is 205 Å². The largest absolute Gasteiger partial charge is 0.354 e. The molecule has 0 unspecified atom stereocenters. The highest BCUT2D eigenvalue weighted by molar-refractivity contribution is 8.18. The van der Waals surface area contributed by atoms with E-state index in [1.807, 2.05) is 24.3 Å². The van der Waals surface area contributed by atoms with E-state index >= 15 is 0 Å². The Morgan fingerprint density at radius 1 is 1.17 bits per heavy atom. The number of nitrogens with zero attached hydrogens (tertiary/aromatic N) is 3. The predicted molar refractivity (Wildman–Crippen MR) is 130 cm³/mol. The maximum Gasteiger partial charge on any atom is 0.293 e. The van der Waals surface area contributed by atoms with Crippen LogP contribution in [0.15, 0.2) is 58.0 Å². The van der Waals surface area contributed by atoms with Crippen molar-refractivity contribution in [2.75, 3.05) is 13.1 Å². The Balaban J connectivity index is 1.24. The van der Waals surface area contributed by atoms with Crippen LogP contribution in [0.1, 0.15) is 30.4 Å². The normalized spacial score (nSPS) is 14.7. The van der Waals surface area contributed by atoms with Crippen LogP contribution in [0, 0.1) is 5.82 Å². The number of amides is 3. The number of thioether (sulfide) groups is 1. The van der Waals surface area contributed by atoms with Crippen molar-refractivity contribution in [1.82, 2.24) is 20.4 Å². The molecule has 1 fully saturated rings. The Kier molecular flexibility index (Phi) is 7.71. The molecule has 0 radical (unpaired) electrons. The summed E-state index contributed by atoms with van der Waals surface area (Å²) < 4.78 is 19.1. The van der Waals surface area contributed by atoms with Crippen LogP contribution in [0.5, 0.6) is 0 Å². The van der Waals surface area contributed by atoms with E-state index in [0.29, 0.717) is 11.7 Å². The van der Waals surface area contributed by atoms with Gasteiger partial charge < -0.3 is 9.84 Å². The van der Waals surface area contributed by atoms with Gasteiger partial charge in [-0.05, 0) is 35.9 Å². The third kappa shape index (κ3) is 6.02. The average Bonchev–Trinajstić information content (AvgIpc) is 3.44. The van der Waals surface area contributed by atoms with Crippen molar-refractivity contribution in [2.45, 2.75) is 26.2 Å². The lowest BCUT2D eigenvalue weighted by molar-refractivity contribution is -0.124. The third-order valence-electron chi connectivity index (χ3n) is 5.38. The molecule has 2 aromatic carbocycles. The summed E-state index contributed by atoms with van der Waals surface area (Å²) in [5.74, 6) is -0.451. The number of carbonyl (C=O) groups is 3. The molecule has 4 rings (SSSR count). The molecule has 0 aliphatic carbocycles. The van der Waals surface area contributed by atoms with Crippen molar-refractivity contribution in [3.05, 3.63) is 76.3 Å². The fraction of sp³-hybridized carbons (Fsp3) is 0.240. The summed E-state index contributed by atoms with van der Waals surface area (Å²) >= 11 is 0.746. The van der Waals surface area contributed by atoms with E-state index in [1.54, 1.807) is 12.1 Å². The van der Waals surface area contributed by atoms with Crippen molar-refractivity contribution in [1.29, 1.82) is 0 Å². The molecule has 0 atom stereocenters. The highest BCUT2D eigenvalue weighted by atomic mass is 32.2. The van der Waals surface area contributed by atoms with Crippen molar-refractivity contribution in [3.8, 4) is 11.4 Å². The number of imide groups is 1. The van der Waals surface area contributed by atoms with Crippen LogP contribution in [0.3, 0.4) is 0 Å². The quantitative estimate of drug-likeness (QED) is 0.444. The van der Waals surface area contributed by atoms with Crippen LogP contribution in [0.25, 0.3) is 17.5 Å². The second kappa shape index (κ2) is 11.1. The summed E-state index contributed by atoms with van der Waals surface area (Å²) in [5, 5.41) is 6.18. The molecule has 0 saturated carbocycles. The molecule has 35 heavy (non-hydrogen) atoms. The summed E-state index contributed by atoms with van der Waals surface area (Å²) in [6, 6.07) is 13.9. The lowest BCUT2D eigenvalue weighted by Gasteiger charge is -2.12. The number of aromatic nitrogens is 2. The van der Waals surface area contributed by atoms with E-state index in [-0.39, 0.29) is 42.3 Å². The summed E-state index contributed by atoms with van der Waals surface area (Å²) in [5.41, 5.74) is 2.28. The zero-order valence-corrected chi connectivity index (χ0v) is 19.8. The minimum absolute atomic E-state index is 0.0173. The number of nitrogens with one attached hydrogen (secondary N) is 1. The molecule has 1 N–H and O–H groups in total. The Morgan fingerprint density at radius 3 is 2.69 bits per heavy atom. The predicted octanol–water partition coefficient (Wildman–Crippen LogP) is 4.22. The Hall–Kier alpha value is -3.79. The van der Waals surface area contributed by atoms with Crippen LogP contribution in [0.4, 0.5) is 9.18 Å².